The van der Waals surface area contributed by atoms with Crippen LogP contribution in [0.1, 0.15) is 21.5 Å². The summed E-state index contributed by atoms with van der Waals surface area (Å²) >= 11 is 15.5. The quantitative estimate of drug-likeness (QED) is 0.224. The minimum atomic E-state index is -0.315. The van der Waals surface area contributed by atoms with Gasteiger partial charge in [-0.2, -0.15) is 5.10 Å². The van der Waals surface area contributed by atoms with Crippen molar-refractivity contribution in [1.29, 1.82) is 0 Å². The lowest BCUT2D eigenvalue weighted by Gasteiger charge is -2.08. The molecule has 8 heteroatoms. The molecule has 0 aliphatic heterocycles. The van der Waals surface area contributed by atoms with Gasteiger partial charge in [-0.3, -0.25) is 4.79 Å². The van der Waals surface area contributed by atoms with Gasteiger partial charge in [0.1, 0.15) is 12.4 Å². The van der Waals surface area contributed by atoms with Crippen molar-refractivity contribution in [3.8, 4) is 5.75 Å². The van der Waals surface area contributed by atoms with Crippen LogP contribution in [0.15, 0.2) is 76.4 Å². The van der Waals surface area contributed by atoms with Crippen molar-refractivity contribution < 1.29 is 9.53 Å². The average Bonchev–Trinajstić information content (AvgIpc) is 3.15. The molecular formula is C23H16BrCl2N3O2. The van der Waals surface area contributed by atoms with Gasteiger partial charge in [0, 0.05) is 48.3 Å². The van der Waals surface area contributed by atoms with Crippen LogP contribution >= 0.6 is 39.1 Å². The number of nitrogens with zero attached hydrogens (tertiary/aromatic N) is 1. The van der Waals surface area contributed by atoms with Gasteiger partial charge in [-0.15, -0.1) is 0 Å². The number of fused-ring (bicyclic) bond motifs is 1. The van der Waals surface area contributed by atoms with Crippen molar-refractivity contribution in [3.63, 3.8) is 0 Å². The number of halogens is 3. The molecule has 0 saturated carbocycles. The molecule has 0 spiro atoms. The molecule has 1 amide bonds. The van der Waals surface area contributed by atoms with Gasteiger partial charge in [0.05, 0.1) is 6.21 Å². The fourth-order valence-corrected chi connectivity index (χ4v) is 3.77. The predicted molar refractivity (Wildman–Crippen MR) is 128 cm³/mol. The topological polar surface area (TPSA) is 66.5 Å². The van der Waals surface area contributed by atoms with Crippen molar-refractivity contribution in [2.75, 3.05) is 0 Å². The molecule has 5 nitrogen and oxygen atoms in total. The Hall–Kier alpha value is -2.80. The molecule has 4 rings (SSSR count). The zero-order chi connectivity index (χ0) is 21.8. The second-order valence-electron chi connectivity index (χ2n) is 6.68. The molecule has 1 heterocycles. The number of nitrogens with one attached hydrogen (secondary N) is 2. The molecule has 0 aliphatic carbocycles. The number of amides is 1. The van der Waals surface area contributed by atoms with E-state index in [1.165, 1.54) is 0 Å². The van der Waals surface area contributed by atoms with Gasteiger partial charge < -0.3 is 9.72 Å². The monoisotopic (exact) mass is 515 g/mol. The molecule has 0 aliphatic rings. The van der Waals surface area contributed by atoms with E-state index in [2.05, 4.69) is 31.4 Å². The summed E-state index contributed by atoms with van der Waals surface area (Å²) < 4.78 is 6.70. The Labute approximate surface area is 197 Å². The van der Waals surface area contributed by atoms with E-state index in [4.69, 9.17) is 27.9 Å². The van der Waals surface area contributed by atoms with Crippen LogP contribution in [0, 0.1) is 0 Å². The number of aromatic nitrogens is 1. The Morgan fingerprint density at radius 2 is 1.90 bits per heavy atom. The molecule has 3 aromatic carbocycles. The highest BCUT2D eigenvalue weighted by molar-refractivity contribution is 9.10. The molecule has 31 heavy (non-hydrogen) atoms. The van der Waals surface area contributed by atoms with E-state index >= 15 is 0 Å². The molecule has 4 aromatic rings. The molecule has 156 valence electrons. The van der Waals surface area contributed by atoms with Gasteiger partial charge in [0.25, 0.3) is 5.91 Å². The fourth-order valence-electron chi connectivity index (χ4n) is 2.95. The second kappa shape index (κ2) is 9.56. The second-order valence-corrected chi connectivity index (χ2v) is 8.44. The van der Waals surface area contributed by atoms with Gasteiger partial charge in [0.2, 0.25) is 0 Å². The molecular weight excluding hydrogens is 501 g/mol. The zero-order valence-corrected chi connectivity index (χ0v) is 19.1. The molecule has 0 atom stereocenters. The Kier molecular flexibility index (Phi) is 6.61. The number of carbonyl (C=O) groups excluding carboxylic acids is 1. The maximum absolute atomic E-state index is 12.3. The summed E-state index contributed by atoms with van der Waals surface area (Å²) in [7, 11) is 0. The number of hydrogen-bond donors (Lipinski definition) is 2. The lowest BCUT2D eigenvalue weighted by molar-refractivity contribution is 0.0955. The Bertz CT molecular complexity index is 1270. The Morgan fingerprint density at radius 3 is 2.68 bits per heavy atom. The van der Waals surface area contributed by atoms with Crippen molar-refractivity contribution in [3.05, 3.63) is 98.1 Å². The summed E-state index contributed by atoms with van der Waals surface area (Å²) in [6.07, 6.45) is 3.45. The molecule has 2 N–H and O–H groups in total. The van der Waals surface area contributed by atoms with Crippen LogP contribution < -0.4 is 10.2 Å². The highest BCUT2D eigenvalue weighted by atomic mass is 79.9. The Balaban J connectivity index is 1.35. The van der Waals surface area contributed by atoms with E-state index in [1.54, 1.807) is 42.6 Å². The van der Waals surface area contributed by atoms with Gasteiger partial charge in [-0.05, 0) is 54.6 Å². The first kappa shape index (κ1) is 21.4. The number of hydrazone groups is 1. The van der Waals surface area contributed by atoms with Gasteiger partial charge in [-0.25, -0.2) is 5.43 Å². The predicted octanol–water partition coefficient (Wildman–Crippen LogP) is 6.58. The summed E-state index contributed by atoms with van der Waals surface area (Å²) in [6, 6.07) is 18.0. The van der Waals surface area contributed by atoms with Crippen molar-refractivity contribution in [2.24, 2.45) is 5.10 Å². The lowest BCUT2D eigenvalue weighted by atomic mass is 10.2. The first-order chi connectivity index (χ1) is 15.0. The SMILES string of the molecule is O=C(N/N=C/c1c[nH]c2ccc(Br)cc12)c1ccc(OCc2ccc(Cl)cc2Cl)cc1. The fraction of sp³-hybridized carbons (Fsp3) is 0.0435. The van der Waals surface area contributed by atoms with E-state index in [9.17, 15) is 4.79 Å². The number of H-pyrrole nitrogens is 1. The van der Waals surface area contributed by atoms with E-state index in [0.717, 1.165) is 26.5 Å². The standard InChI is InChI=1S/C23H16BrCl2N3O2/c24-17-4-8-22-20(9-17)16(11-27-22)12-28-29-23(30)14-2-6-19(7-3-14)31-13-15-1-5-18(25)10-21(15)26/h1-12,27H,13H2,(H,29,30)/b28-12+. The largest absolute Gasteiger partial charge is 0.489 e. The van der Waals surface area contributed by atoms with Crippen LogP contribution in [-0.2, 0) is 6.61 Å². The molecule has 0 saturated heterocycles. The van der Waals surface area contributed by atoms with Crippen LogP contribution in [0.25, 0.3) is 10.9 Å². The molecule has 1 aromatic heterocycles. The number of aromatic amines is 1. The average molecular weight is 517 g/mol. The van der Waals surface area contributed by atoms with Crippen LogP contribution in [0.2, 0.25) is 10.0 Å². The van der Waals surface area contributed by atoms with Crippen molar-refractivity contribution in [2.45, 2.75) is 6.61 Å². The van der Waals surface area contributed by atoms with Crippen molar-refractivity contribution >= 4 is 62.2 Å². The minimum absolute atomic E-state index is 0.298. The molecule has 0 radical (unpaired) electrons. The van der Waals surface area contributed by atoms with Crippen LogP contribution in [-0.4, -0.2) is 17.1 Å². The third-order valence-corrected chi connectivity index (χ3v) is 5.65. The number of carbonyl (C=O) groups is 1. The molecule has 0 unspecified atom stereocenters. The number of benzene rings is 3. The summed E-state index contributed by atoms with van der Waals surface area (Å²) in [5.41, 5.74) is 5.70. The van der Waals surface area contributed by atoms with E-state index in [0.29, 0.717) is 28.0 Å². The highest BCUT2D eigenvalue weighted by Crippen LogP contribution is 2.23. The number of rotatable bonds is 6. The van der Waals surface area contributed by atoms with E-state index in [-0.39, 0.29) is 5.91 Å². The lowest BCUT2D eigenvalue weighted by Crippen LogP contribution is -2.17. The van der Waals surface area contributed by atoms with Crippen molar-refractivity contribution in [1.82, 2.24) is 10.4 Å². The maximum Gasteiger partial charge on any atom is 0.271 e. The van der Waals surface area contributed by atoms with Gasteiger partial charge in [0.15, 0.2) is 0 Å². The van der Waals surface area contributed by atoms with Crippen LogP contribution in [0.4, 0.5) is 0 Å². The summed E-state index contributed by atoms with van der Waals surface area (Å²) in [5.74, 6) is 0.306. The Morgan fingerprint density at radius 1 is 1.10 bits per heavy atom. The van der Waals surface area contributed by atoms with E-state index < -0.39 is 0 Å². The molecule has 0 bridgehead atoms. The summed E-state index contributed by atoms with van der Waals surface area (Å²) in [4.78, 5) is 15.5. The third kappa shape index (κ3) is 5.28. The highest BCUT2D eigenvalue weighted by Gasteiger charge is 2.07. The normalized spacial score (nSPS) is 11.2. The summed E-state index contributed by atoms with van der Waals surface area (Å²) in [6.45, 7) is 0.298. The number of hydrogen-bond acceptors (Lipinski definition) is 3. The van der Waals surface area contributed by atoms with E-state index in [1.807, 2.05) is 30.5 Å². The molecule has 0 fully saturated rings. The van der Waals surface area contributed by atoms with Gasteiger partial charge in [-0.1, -0.05) is 45.2 Å². The minimum Gasteiger partial charge on any atom is -0.489 e. The zero-order valence-electron chi connectivity index (χ0n) is 16.0. The maximum atomic E-state index is 12.3. The smallest absolute Gasteiger partial charge is 0.271 e. The third-order valence-electron chi connectivity index (χ3n) is 4.57. The van der Waals surface area contributed by atoms with Crippen LogP contribution in [0.5, 0.6) is 5.75 Å². The number of ether oxygens (including phenoxy) is 1. The first-order valence-electron chi connectivity index (χ1n) is 9.26. The first-order valence-corrected chi connectivity index (χ1v) is 10.8. The van der Waals surface area contributed by atoms with Crippen LogP contribution in [0.3, 0.4) is 0 Å². The van der Waals surface area contributed by atoms with Gasteiger partial charge >= 0.3 is 0 Å². The summed E-state index contributed by atoms with van der Waals surface area (Å²) in [5, 5.41) is 6.20.